The molecule has 0 saturated carbocycles. The first-order valence-corrected chi connectivity index (χ1v) is 6.66. The van der Waals surface area contributed by atoms with E-state index >= 15 is 0 Å². The summed E-state index contributed by atoms with van der Waals surface area (Å²) in [6.07, 6.45) is 2.76. The minimum atomic E-state index is -1.03. The second-order valence-corrected chi connectivity index (χ2v) is 5.14. The molecule has 1 atom stereocenters. The van der Waals surface area contributed by atoms with Crippen LogP contribution in [0.1, 0.15) is 32.9 Å². The fraction of sp³-hybridized carbons (Fsp3) is 0.615. The van der Waals surface area contributed by atoms with Crippen molar-refractivity contribution in [2.75, 3.05) is 5.32 Å². The van der Waals surface area contributed by atoms with Crippen LogP contribution < -0.4 is 10.6 Å². The average molecular weight is 282 g/mol. The lowest BCUT2D eigenvalue weighted by Crippen LogP contribution is -2.43. The van der Waals surface area contributed by atoms with Crippen LogP contribution >= 0.6 is 0 Å². The van der Waals surface area contributed by atoms with E-state index in [0.29, 0.717) is 18.5 Å². The van der Waals surface area contributed by atoms with E-state index in [2.05, 4.69) is 15.7 Å². The van der Waals surface area contributed by atoms with Gasteiger partial charge in [0, 0.05) is 13.2 Å². The number of anilines is 1. The molecule has 3 N–H and O–H groups in total. The number of amides is 2. The molecule has 20 heavy (non-hydrogen) atoms. The molecule has 0 fully saturated rings. The Morgan fingerprint density at radius 2 is 2.10 bits per heavy atom. The van der Waals surface area contributed by atoms with Crippen LogP contribution in [0.4, 0.5) is 10.5 Å². The number of hydrogen-bond acceptors (Lipinski definition) is 3. The number of nitrogens with one attached hydrogen (secondary N) is 2. The molecule has 0 aromatic carbocycles. The number of nitrogens with zero attached hydrogens (tertiary/aromatic N) is 2. The number of rotatable bonds is 6. The lowest BCUT2D eigenvalue weighted by Gasteiger charge is -2.16. The number of urea groups is 1. The third kappa shape index (κ3) is 4.56. The van der Waals surface area contributed by atoms with E-state index in [-0.39, 0.29) is 5.92 Å². The summed E-state index contributed by atoms with van der Waals surface area (Å²) in [4.78, 5) is 23.0. The van der Waals surface area contributed by atoms with Crippen molar-refractivity contribution in [3.8, 4) is 0 Å². The molecule has 0 radical (unpaired) electrons. The third-order valence-corrected chi connectivity index (χ3v) is 2.80. The van der Waals surface area contributed by atoms with Crippen molar-refractivity contribution in [3.05, 3.63) is 11.9 Å². The lowest BCUT2D eigenvalue weighted by molar-refractivity contribution is -0.139. The molecular weight excluding hydrogens is 260 g/mol. The number of carbonyl (C=O) groups is 2. The summed E-state index contributed by atoms with van der Waals surface area (Å²) in [5, 5.41) is 18.4. The lowest BCUT2D eigenvalue weighted by atomic mass is 10.0. The van der Waals surface area contributed by atoms with Crippen LogP contribution in [0.2, 0.25) is 0 Å². The Labute approximate surface area is 118 Å². The summed E-state index contributed by atoms with van der Waals surface area (Å²) in [6, 6.07) is -1.42. The van der Waals surface area contributed by atoms with Gasteiger partial charge in [0.2, 0.25) is 0 Å². The minimum Gasteiger partial charge on any atom is -0.480 e. The van der Waals surface area contributed by atoms with Gasteiger partial charge in [-0.2, -0.15) is 5.10 Å². The molecule has 0 unspecified atom stereocenters. The van der Waals surface area contributed by atoms with Gasteiger partial charge in [-0.15, -0.1) is 0 Å². The average Bonchev–Trinajstić information content (AvgIpc) is 2.67. The number of aliphatic carboxylic acids is 1. The highest BCUT2D eigenvalue weighted by molar-refractivity contribution is 5.92. The zero-order valence-electron chi connectivity index (χ0n) is 12.3. The van der Waals surface area contributed by atoms with Crippen molar-refractivity contribution < 1.29 is 14.7 Å². The van der Waals surface area contributed by atoms with E-state index in [4.69, 9.17) is 5.11 Å². The summed E-state index contributed by atoms with van der Waals surface area (Å²) in [5.74, 6) is -0.850. The van der Waals surface area contributed by atoms with Gasteiger partial charge in [-0.1, -0.05) is 20.8 Å². The van der Waals surface area contributed by atoms with Gasteiger partial charge < -0.3 is 15.7 Å². The van der Waals surface area contributed by atoms with Crippen LogP contribution in [0.3, 0.4) is 0 Å². The van der Waals surface area contributed by atoms with Crippen molar-refractivity contribution >= 4 is 17.7 Å². The Balaban J connectivity index is 2.67. The van der Waals surface area contributed by atoms with E-state index in [0.717, 1.165) is 5.69 Å². The van der Waals surface area contributed by atoms with Crippen LogP contribution in [0.15, 0.2) is 6.20 Å². The Hall–Kier alpha value is -2.05. The van der Waals surface area contributed by atoms with Gasteiger partial charge in [0.25, 0.3) is 0 Å². The van der Waals surface area contributed by atoms with Crippen LogP contribution in [0, 0.1) is 5.92 Å². The van der Waals surface area contributed by atoms with E-state index < -0.39 is 18.0 Å². The summed E-state index contributed by atoms with van der Waals surface area (Å²) in [5.41, 5.74) is 1.36. The predicted octanol–water partition coefficient (Wildman–Crippen LogP) is 1.60. The SMILES string of the molecule is CCc1nn(C)cc1NC(=O)N[C@H](CC(C)C)C(=O)O. The molecule has 0 saturated heterocycles. The molecule has 0 aliphatic rings. The van der Waals surface area contributed by atoms with Gasteiger partial charge >= 0.3 is 12.0 Å². The first kappa shape index (κ1) is 16.0. The highest BCUT2D eigenvalue weighted by Crippen LogP contribution is 2.13. The third-order valence-electron chi connectivity index (χ3n) is 2.80. The zero-order valence-corrected chi connectivity index (χ0v) is 12.3. The molecule has 112 valence electrons. The second-order valence-electron chi connectivity index (χ2n) is 5.14. The van der Waals surface area contributed by atoms with E-state index in [1.807, 2.05) is 20.8 Å². The molecule has 0 aliphatic carbocycles. The molecule has 0 bridgehead atoms. The molecule has 0 aliphatic heterocycles. The van der Waals surface area contributed by atoms with Crippen molar-refractivity contribution in [2.45, 2.75) is 39.7 Å². The van der Waals surface area contributed by atoms with Gasteiger partial charge in [-0.25, -0.2) is 9.59 Å². The Morgan fingerprint density at radius 3 is 2.60 bits per heavy atom. The van der Waals surface area contributed by atoms with Crippen LogP contribution in [0.25, 0.3) is 0 Å². The summed E-state index contributed by atoms with van der Waals surface area (Å²) < 4.78 is 1.61. The molecule has 1 heterocycles. The number of aryl methyl sites for hydroxylation is 2. The van der Waals surface area contributed by atoms with Gasteiger partial charge in [0.05, 0.1) is 11.4 Å². The highest BCUT2D eigenvalue weighted by Gasteiger charge is 2.21. The largest absolute Gasteiger partial charge is 0.480 e. The molecule has 7 heteroatoms. The fourth-order valence-electron chi connectivity index (χ4n) is 1.91. The van der Waals surface area contributed by atoms with Crippen LogP contribution in [-0.4, -0.2) is 32.9 Å². The molecule has 0 spiro atoms. The second kappa shape index (κ2) is 6.93. The van der Waals surface area contributed by atoms with E-state index in [1.54, 1.807) is 17.9 Å². The molecule has 1 aromatic rings. The van der Waals surface area contributed by atoms with Crippen LogP contribution in [-0.2, 0) is 18.3 Å². The normalized spacial score (nSPS) is 12.2. The first-order chi connectivity index (χ1) is 9.33. The standard InChI is InChI=1S/C13H22N4O3/c1-5-9-11(7-17(4)16-9)15-13(20)14-10(12(18)19)6-8(2)3/h7-8,10H,5-6H2,1-4H3,(H,18,19)(H2,14,15,20)/t10-/m1/s1. The summed E-state index contributed by atoms with van der Waals surface area (Å²) >= 11 is 0. The minimum absolute atomic E-state index is 0.181. The first-order valence-electron chi connectivity index (χ1n) is 6.66. The maximum Gasteiger partial charge on any atom is 0.326 e. The molecule has 2 amide bonds. The Kier molecular flexibility index (Phi) is 5.54. The van der Waals surface area contributed by atoms with Gasteiger partial charge in [-0.05, 0) is 18.8 Å². The predicted molar refractivity (Wildman–Crippen MR) is 75.6 cm³/mol. The Bertz CT molecular complexity index is 482. The zero-order chi connectivity index (χ0) is 15.3. The van der Waals surface area contributed by atoms with Crippen molar-refractivity contribution in [2.24, 2.45) is 13.0 Å². The monoisotopic (exact) mass is 282 g/mol. The van der Waals surface area contributed by atoms with Gasteiger partial charge in [0.1, 0.15) is 6.04 Å². The van der Waals surface area contributed by atoms with Gasteiger partial charge in [0.15, 0.2) is 0 Å². The molecular formula is C13H22N4O3. The Morgan fingerprint density at radius 1 is 1.45 bits per heavy atom. The number of carbonyl (C=O) groups excluding carboxylic acids is 1. The fourth-order valence-corrected chi connectivity index (χ4v) is 1.91. The number of aromatic nitrogens is 2. The number of carboxylic acid groups (broad SMARTS) is 1. The van der Waals surface area contributed by atoms with Crippen molar-refractivity contribution in [1.82, 2.24) is 15.1 Å². The topological polar surface area (TPSA) is 96.3 Å². The molecule has 1 aromatic heterocycles. The van der Waals surface area contributed by atoms with Gasteiger partial charge in [-0.3, -0.25) is 4.68 Å². The summed E-state index contributed by atoms with van der Waals surface area (Å²) in [6.45, 7) is 5.75. The van der Waals surface area contributed by atoms with E-state index in [9.17, 15) is 9.59 Å². The van der Waals surface area contributed by atoms with Crippen molar-refractivity contribution in [1.29, 1.82) is 0 Å². The highest BCUT2D eigenvalue weighted by atomic mass is 16.4. The smallest absolute Gasteiger partial charge is 0.326 e. The maximum absolute atomic E-state index is 11.9. The van der Waals surface area contributed by atoms with Crippen molar-refractivity contribution in [3.63, 3.8) is 0 Å². The van der Waals surface area contributed by atoms with E-state index in [1.165, 1.54) is 0 Å². The summed E-state index contributed by atoms with van der Waals surface area (Å²) in [7, 11) is 1.76. The number of carboxylic acids is 1. The molecule has 1 rings (SSSR count). The van der Waals surface area contributed by atoms with Crippen LogP contribution in [0.5, 0.6) is 0 Å². The maximum atomic E-state index is 11.9. The molecule has 7 nitrogen and oxygen atoms in total. The quantitative estimate of drug-likeness (QED) is 0.738. The number of hydrogen-bond donors (Lipinski definition) is 3.